The number of likely N-dealkylation sites (N-methyl/N-ethyl adjacent to an activating group) is 1. The highest BCUT2D eigenvalue weighted by Gasteiger charge is 2.48. The summed E-state index contributed by atoms with van der Waals surface area (Å²) in [4.78, 5) is 2.19. The van der Waals surface area contributed by atoms with Gasteiger partial charge in [-0.1, -0.05) is 35.9 Å². The van der Waals surface area contributed by atoms with Crippen LogP contribution in [-0.4, -0.2) is 53.8 Å². The van der Waals surface area contributed by atoms with E-state index in [-0.39, 0.29) is 12.5 Å². The van der Waals surface area contributed by atoms with Crippen LogP contribution < -0.4 is 9.46 Å². The lowest BCUT2D eigenvalue weighted by Crippen LogP contribution is -2.40. The second kappa shape index (κ2) is 10.2. The fourth-order valence-corrected chi connectivity index (χ4v) is 7.83. The Kier molecular flexibility index (Phi) is 7.15. The van der Waals surface area contributed by atoms with Crippen molar-refractivity contribution in [1.29, 1.82) is 0 Å². The lowest BCUT2D eigenvalue weighted by Gasteiger charge is -2.35. The van der Waals surface area contributed by atoms with Crippen LogP contribution in [0.25, 0.3) is 10.1 Å². The summed E-state index contributed by atoms with van der Waals surface area (Å²) in [6.07, 6.45) is 4.31. The summed E-state index contributed by atoms with van der Waals surface area (Å²) < 4.78 is 48.1. The molecule has 2 heterocycles. The Bertz CT molecular complexity index is 1480. The molecule has 2 aromatic carbocycles. The molecule has 0 spiro atoms. The van der Waals surface area contributed by atoms with Crippen molar-refractivity contribution in [1.82, 2.24) is 4.90 Å². The van der Waals surface area contributed by atoms with Crippen molar-refractivity contribution < 1.29 is 22.6 Å². The first-order valence-corrected chi connectivity index (χ1v) is 14.6. The average Bonchev–Trinajstić information content (AvgIpc) is 3.53. The van der Waals surface area contributed by atoms with Crippen LogP contribution in [0.5, 0.6) is 5.75 Å². The third kappa shape index (κ3) is 4.81. The predicted molar refractivity (Wildman–Crippen MR) is 149 cm³/mol. The van der Waals surface area contributed by atoms with Gasteiger partial charge in [-0.3, -0.25) is 4.72 Å². The molecule has 0 saturated carbocycles. The Hall–Kier alpha value is -2.72. The molecule has 1 aliphatic carbocycles. The van der Waals surface area contributed by atoms with Crippen molar-refractivity contribution in [3.05, 3.63) is 82.1 Å². The molecule has 2 atom stereocenters. The number of halogens is 1. The minimum absolute atomic E-state index is 0.000251. The number of fused-ring (bicyclic) bond motifs is 1. The number of thiophene rings is 1. The van der Waals surface area contributed by atoms with E-state index in [4.69, 9.17) is 25.8 Å². The topological polar surface area (TPSA) is 77.1 Å². The Balaban J connectivity index is 1.56. The summed E-state index contributed by atoms with van der Waals surface area (Å²) in [6.45, 7) is 1.73. The van der Waals surface area contributed by atoms with E-state index in [0.29, 0.717) is 33.5 Å². The van der Waals surface area contributed by atoms with Crippen LogP contribution in [0, 0.1) is 0 Å². The van der Waals surface area contributed by atoms with Crippen molar-refractivity contribution in [3.63, 3.8) is 0 Å². The van der Waals surface area contributed by atoms with E-state index >= 15 is 0 Å². The molecule has 1 aliphatic heterocycles. The number of rotatable bonds is 8. The van der Waals surface area contributed by atoms with E-state index in [0.717, 1.165) is 29.6 Å². The van der Waals surface area contributed by atoms with Gasteiger partial charge in [0.25, 0.3) is 0 Å². The summed E-state index contributed by atoms with van der Waals surface area (Å²) >= 11 is 7.93. The highest BCUT2D eigenvalue weighted by molar-refractivity contribution is 7.93. The van der Waals surface area contributed by atoms with Gasteiger partial charge in [0.1, 0.15) is 22.4 Å². The Morgan fingerprint density at radius 2 is 2.00 bits per heavy atom. The van der Waals surface area contributed by atoms with Crippen LogP contribution in [0.2, 0.25) is 5.02 Å². The lowest BCUT2D eigenvalue weighted by atomic mass is 9.89. The van der Waals surface area contributed by atoms with E-state index in [9.17, 15) is 8.42 Å². The van der Waals surface area contributed by atoms with Crippen LogP contribution in [0.4, 0.5) is 5.69 Å². The number of likely N-dealkylation sites (tertiary alicyclic amines) is 1. The molecule has 3 aromatic rings. The molecule has 1 N–H and O–H groups in total. The van der Waals surface area contributed by atoms with Crippen molar-refractivity contribution in [2.24, 2.45) is 0 Å². The van der Waals surface area contributed by atoms with E-state index < -0.39 is 14.8 Å². The Labute approximate surface area is 226 Å². The van der Waals surface area contributed by atoms with Gasteiger partial charge in [0.2, 0.25) is 10.0 Å². The second-order valence-electron chi connectivity index (χ2n) is 9.28. The largest absolute Gasteiger partial charge is 0.497 e. The van der Waals surface area contributed by atoms with Crippen LogP contribution in [0.15, 0.2) is 71.5 Å². The molecule has 10 heteroatoms. The van der Waals surface area contributed by atoms with Gasteiger partial charge in [-0.2, -0.15) is 0 Å². The van der Waals surface area contributed by atoms with E-state index in [1.54, 1.807) is 30.4 Å². The van der Waals surface area contributed by atoms with Crippen LogP contribution in [0.1, 0.15) is 18.4 Å². The monoisotopic (exact) mass is 560 g/mol. The van der Waals surface area contributed by atoms with Crippen molar-refractivity contribution in [2.45, 2.75) is 23.7 Å². The summed E-state index contributed by atoms with van der Waals surface area (Å²) in [5.74, 6) is 1.40. The van der Waals surface area contributed by atoms with Crippen LogP contribution in [-0.2, 0) is 24.2 Å². The highest BCUT2D eigenvalue weighted by Crippen LogP contribution is 2.47. The normalized spacial score (nSPS) is 22.4. The molecule has 1 saturated heterocycles. The molecule has 0 amide bonds. The maximum absolute atomic E-state index is 14.3. The SMILES string of the molecule is COC1=C(OC)CC(c2cccc3ccsc23)(S(=O)(=O)Nc2ccc(Cl)c(O[C@@H]3CCN(C)C3)c2)C=C1. The Morgan fingerprint density at radius 1 is 1.16 bits per heavy atom. The first-order chi connectivity index (χ1) is 17.8. The van der Waals surface area contributed by atoms with Gasteiger partial charge in [0.15, 0.2) is 5.76 Å². The third-order valence-electron chi connectivity index (χ3n) is 6.91. The first-order valence-electron chi connectivity index (χ1n) is 11.9. The molecular weight excluding hydrogens is 532 g/mol. The number of anilines is 1. The molecule has 0 bridgehead atoms. The average molecular weight is 561 g/mol. The predicted octanol–water partition coefficient (Wildman–Crippen LogP) is 5.74. The smallest absolute Gasteiger partial charge is 0.246 e. The molecule has 1 aromatic heterocycles. The third-order valence-corrected chi connectivity index (χ3v) is 10.1. The van der Waals surface area contributed by atoms with Gasteiger partial charge >= 0.3 is 0 Å². The quantitative estimate of drug-likeness (QED) is 0.379. The maximum atomic E-state index is 14.3. The van der Waals surface area contributed by atoms with Crippen molar-refractivity contribution in [3.8, 4) is 5.75 Å². The van der Waals surface area contributed by atoms with E-state index in [1.165, 1.54) is 25.6 Å². The van der Waals surface area contributed by atoms with Gasteiger partial charge in [-0.15, -0.1) is 11.3 Å². The zero-order valence-electron chi connectivity index (χ0n) is 20.9. The number of sulfonamides is 1. The number of benzene rings is 2. The first kappa shape index (κ1) is 25.9. The molecule has 1 unspecified atom stereocenters. The van der Waals surface area contributed by atoms with E-state index in [2.05, 4.69) is 9.62 Å². The molecule has 5 rings (SSSR count). The lowest BCUT2D eigenvalue weighted by molar-refractivity contribution is 0.208. The van der Waals surface area contributed by atoms with Gasteiger partial charge in [0, 0.05) is 30.3 Å². The van der Waals surface area contributed by atoms with Gasteiger partial charge in [0.05, 0.1) is 24.9 Å². The number of hydrogen-bond donors (Lipinski definition) is 1. The van der Waals surface area contributed by atoms with Gasteiger partial charge in [-0.05, 0) is 54.1 Å². The standard InChI is InChI=1S/C27H29ClN2O5S2/c1-30-13-10-20(17-30)35-24-15-19(7-8-22(24)28)29-37(31,32)27(12-9-23(33-2)25(16-27)34-3)21-6-4-5-18-11-14-36-26(18)21/h4-9,11-12,14-15,20,29H,10,13,16-17H2,1-3H3/t20-,27?/m1/s1. The van der Waals surface area contributed by atoms with Crippen LogP contribution >= 0.6 is 22.9 Å². The second-order valence-corrected chi connectivity index (χ2v) is 12.5. The fraction of sp³-hybridized carbons (Fsp3) is 0.333. The van der Waals surface area contributed by atoms with Gasteiger partial charge < -0.3 is 19.1 Å². The minimum Gasteiger partial charge on any atom is -0.497 e. The highest BCUT2D eigenvalue weighted by atomic mass is 35.5. The number of allylic oxidation sites excluding steroid dienone is 2. The van der Waals surface area contributed by atoms with Crippen LogP contribution in [0.3, 0.4) is 0 Å². The number of ether oxygens (including phenoxy) is 3. The summed E-state index contributed by atoms with van der Waals surface area (Å²) in [5.41, 5.74) is 1.05. The van der Waals surface area contributed by atoms with Crippen molar-refractivity contribution in [2.75, 3.05) is 39.1 Å². The Morgan fingerprint density at radius 3 is 2.73 bits per heavy atom. The van der Waals surface area contributed by atoms with Gasteiger partial charge in [-0.25, -0.2) is 8.42 Å². The van der Waals surface area contributed by atoms with E-state index in [1.807, 2.05) is 36.7 Å². The summed E-state index contributed by atoms with van der Waals surface area (Å²) in [5, 5.41) is 3.38. The molecule has 37 heavy (non-hydrogen) atoms. The number of methoxy groups -OCH3 is 2. The number of hydrogen-bond acceptors (Lipinski definition) is 7. The molecule has 7 nitrogen and oxygen atoms in total. The summed E-state index contributed by atoms with van der Waals surface area (Å²) in [7, 11) is 1.03. The summed E-state index contributed by atoms with van der Waals surface area (Å²) in [6, 6.07) is 12.7. The molecular formula is C27H29ClN2O5S2. The molecule has 2 aliphatic rings. The zero-order chi connectivity index (χ0) is 26.2. The zero-order valence-corrected chi connectivity index (χ0v) is 23.3. The van der Waals surface area contributed by atoms with Crippen molar-refractivity contribution >= 4 is 48.7 Å². The molecule has 1 fully saturated rings. The molecule has 196 valence electrons. The number of nitrogens with one attached hydrogen (secondary N) is 1. The fourth-order valence-electron chi connectivity index (χ4n) is 4.96. The molecule has 0 radical (unpaired) electrons. The maximum Gasteiger partial charge on any atom is 0.246 e. The number of nitrogens with zero attached hydrogens (tertiary/aromatic N) is 1. The minimum atomic E-state index is -4.07.